The minimum atomic E-state index is 0.588. The summed E-state index contributed by atoms with van der Waals surface area (Å²) in [4.78, 5) is 0.736. The summed E-state index contributed by atoms with van der Waals surface area (Å²) in [6, 6.07) is 9.55. The van der Waals surface area contributed by atoms with Gasteiger partial charge in [-0.15, -0.1) is 10.2 Å². The van der Waals surface area contributed by atoms with Crippen molar-refractivity contribution in [2.45, 2.75) is 13.3 Å². The Balaban J connectivity index is 1.69. The molecule has 6 nitrogen and oxygen atoms in total. The average molecular weight is 332 g/mol. The Hall–Kier alpha value is -2.25. The molecule has 3 aromatic heterocycles. The standard InChI is InChI=1S/C14H10ClN5OS/c1-8-6-11(19-21-8)13-16-17-14-20(13)18-12(22-14)7-9-2-4-10(15)5-3-9/h2-6H,7H2,1H3. The minimum absolute atomic E-state index is 0.588. The Morgan fingerprint density at radius 3 is 2.77 bits per heavy atom. The highest BCUT2D eigenvalue weighted by molar-refractivity contribution is 7.16. The molecule has 0 aliphatic rings. The second-order valence-corrected chi connectivity index (χ2v) is 6.32. The van der Waals surface area contributed by atoms with Crippen LogP contribution in [-0.4, -0.2) is 25.0 Å². The van der Waals surface area contributed by atoms with Crippen molar-refractivity contribution >= 4 is 27.9 Å². The predicted octanol–water partition coefficient (Wildman–Crippen LogP) is 3.39. The summed E-state index contributed by atoms with van der Waals surface area (Å²) in [6.07, 6.45) is 0.725. The predicted molar refractivity (Wildman–Crippen MR) is 83.2 cm³/mol. The maximum absolute atomic E-state index is 5.90. The van der Waals surface area contributed by atoms with Crippen LogP contribution in [0, 0.1) is 6.92 Å². The molecule has 110 valence electrons. The van der Waals surface area contributed by atoms with E-state index in [1.807, 2.05) is 37.3 Å². The van der Waals surface area contributed by atoms with Crippen LogP contribution in [0.5, 0.6) is 0 Å². The molecule has 8 heteroatoms. The molecular weight excluding hydrogens is 322 g/mol. The third-order valence-electron chi connectivity index (χ3n) is 3.16. The molecule has 0 fully saturated rings. The lowest BCUT2D eigenvalue weighted by Crippen LogP contribution is -1.93. The summed E-state index contributed by atoms with van der Waals surface area (Å²) in [5.41, 5.74) is 1.78. The first kappa shape index (κ1) is 13.4. The summed E-state index contributed by atoms with van der Waals surface area (Å²) in [5.74, 6) is 1.31. The molecule has 0 amide bonds. The van der Waals surface area contributed by atoms with E-state index in [0.29, 0.717) is 11.5 Å². The van der Waals surface area contributed by atoms with Gasteiger partial charge in [0.25, 0.3) is 0 Å². The van der Waals surface area contributed by atoms with Crippen LogP contribution in [0.3, 0.4) is 0 Å². The molecular formula is C14H10ClN5OS. The SMILES string of the molecule is Cc1cc(-c2nnc3sc(Cc4ccc(Cl)cc4)nn23)no1. The lowest BCUT2D eigenvalue weighted by molar-refractivity contribution is 0.399. The molecule has 0 unspecified atom stereocenters. The van der Waals surface area contributed by atoms with Crippen LogP contribution >= 0.6 is 22.9 Å². The number of rotatable bonds is 3. The molecule has 0 atom stereocenters. The van der Waals surface area contributed by atoms with Crippen molar-refractivity contribution in [3.8, 4) is 11.5 Å². The molecule has 0 saturated heterocycles. The van der Waals surface area contributed by atoms with E-state index in [1.165, 1.54) is 11.3 Å². The van der Waals surface area contributed by atoms with Crippen LogP contribution in [0.1, 0.15) is 16.3 Å². The highest BCUT2D eigenvalue weighted by Crippen LogP contribution is 2.23. The summed E-state index contributed by atoms with van der Waals surface area (Å²) < 4.78 is 6.78. The lowest BCUT2D eigenvalue weighted by atomic mass is 10.2. The van der Waals surface area contributed by atoms with Gasteiger partial charge in [0, 0.05) is 17.5 Å². The third-order valence-corrected chi connectivity index (χ3v) is 4.31. The zero-order valence-corrected chi connectivity index (χ0v) is 13.1. The Bertz CT molecular complexity index is 940. The molecule has 0 radical (unpaired) electrons. The van der Waals surface area contributed by atoms with Gasteiger partial charge in [0.05, 0.1) is 0 Å². The Labute approximate surface area is 134 Å². The molecule has 0 aliphatic carbocycles. The zero-order chi connectivity index (χ0) is 15.1. The fourth-order valence-corrected chi connectivity index (χ4v) is 3.13. The van der Waals surface area contributed by atoms with E-state index < -0.39 is 0 Å². The summed E-state index contributed by atoms with van der Waals surface area (Å²) in [7, 11) is 0. The lowest BCUT2D eigenvalue weighted by Gasteiger charge is -1.97. The highest BCUT2D eigenvalue weighted by Gasteiger charge is 2.16. The molecule has 0 spiro atoms. The number of benzene rings is 1. The highest BCUT2D eigenvalue weighted by atomic mass is 35.5. The van der Waals surface area contributed by atoms with Gasteiger partial charge in [0.1, 0.15) is 10.8 Å². The monoisotopic (exact) mass is 331 g/mol. The second-order valence-electron chi connectivity index (χ2n) is 4.84. The van der Waals surface area contributed by atoms with Crippen molar-refractivity contribution in [3.05, 3.63) is 51.7 Å². The molecule has 0 saturated carbocycles. The van der Waals surface area contributed by atoms with Gasteiger partial charge in [-0.3, -0.25) is 0 Å². The number of hydrogen-bond acceptors (Lipinski definition) is 6. The van der Waals surface area contributed by atoms with Gasteiger partial charge in [-0.25, -0.2) is 0 Å². The number of hydrogen-bond donors (Lipinski definition) is 0. The van der Waals surface area contributed by atoms with E-state index in [2.05, 4.69) is 20.5 Å². The summed E-state index contributed by atoms with van der Waals surface area (Å²) in [5, 5.41) is 18.5. The third kappa shape index (κ3) is 2.38. The Morgan fingerprint density at radius 1 is 1.23 bits per heavy atom. The Morgan fingerprint density at radius 2 is 2.05 bits per heavy atom. The van der Waals surface area contributed by atoms with E-state index in [4.69, 9.17) is 16.1 Å². The van der Waals surface area contributed by atoms with Crippen LogP contribution in [-0.2, 0) is 6.42 Å². The van der Waals surface area contributed by atoms with E-state index >= 15 is 0 Å². The second kappa shape index (κ2) is 5.19. The summed E-state index contributed by atoms with van der Waals surface area (Å²) >= 11 is 7.41. The van der Waals surface area contributed by atoms with Crippen LogP contribution < -0.4 is 0 Å². The molecule has 0 aliphatic heterocycles. The molecule has 22 heavy (non-hydrogen) atoms. The van der Waals surface area contributed by atoms with Crippen LogP contribution in [0.15, 0.2) is 34.9 Å². The van der Waals surface area contributed by atoms with Crippen molar-refractivity contribution in [2.75, 3.05) is 0 Å². The van der Waals surface area contributed by atoms with Crippen molar-refractivity contribution in [2.24, 2.45) is 0 Å². The quantitative estimate of drug-likeness (QED) is 0.575. The molecule has 0 bridgehead atoms. The van der Waals surface area contributed by atoms with E-state index in [-0.39, 0.29) is 0 Å². The average Bonchev–Trinajstić information content (AvgIpc) is 3.17. The molecule has 4 rings (SSSR count). The maximum atomic E-state index is 5.90. The summed E-state index contributed by atoms with van der Waals surface area (Å²) in [6.45, 7) is 1.84. The van der Waals surface area contributed by atoms with Gasteiger partial charge in [-0.2, -0.15) is 9.61 Å². The van der Waals surface area contributed by atoms with Crippen LogP contribution in [0.2, 0.25) is 5.02 Å². The first-order valence-electron chi connectivity index (χ1n) is 6.58. The van der Waals surface area contributed by atoms with Gasteiger partial charge in [-0.1, -0.05) is 40.2 Å². The molecule has 0 N–H and O–H groups in total. The molecule has 1 aromatic carbocycles. The number of aryl methyl sites for hydroxylation is 1. The van der Waals surface area contributed by atoms with Gasteiger partial charge >= 0.3 is 0 Å². The molecule has 4 aromatic rings. The minimum Gasteiger partial charge on any atom is -0.361 e. The fraction of sp³-hybridized carbons (Fsp3) is 0.143. The fourth-order valence-electron chi connectivity index (χ4n) is 2.14. The van der Waals surface area contributed by atoms with Gasteiger partial charge in [0.2, 0.25) is 10.8 Å². The number of aromatic nitrogens is 5. The zero-order valence-electron chi connectivity index (χ0n) is 11.5. The van der Waals surface area contributed by atoms with Gasteiger partial charge in [0.15, 0.2) is 5.69 Å². The van der Waals surface area contributed by atoms with E-state index in [1.54, 1.807) is 4.52 Å². The van der Waals surface area contributed by atoms with Crippen molar-refractivity contribution in [1.29, 1.82) is 0 Å². The van der Waals surface area contributed by atoms with E-state index in [9.17, 15) is 0 Å². The largest absolute Gasteiger partial charge is 0.361 e. The van der Waals surface area contributed by atoms with Gasteiger partial charge in [-0.05, 0) is 24.6 Å². The number of fused-ring (bicyclic) bond motifs is 1. The topological polar surface area (TPSA) is 69.1 Å². The Kier molecular flexibility index (Phi) is 3.16. The smallest absolute Gasteiger partial charge is 0.235 e. The van der Waals surface area contributed by atoms with E-state index in [0.717, 1.165) is 32.7 Å². The molecule has 3 heterocycles. The first-order chi connectivity index (χ1) is 10.7. The van der Waals surface area contributed by atoms with Crippen molar-refractivity contribution in [1.82, 2.24) is 25.0 Å². The first-order valence-corrected chi connectivity index (χ1v) is 7.78. The maximum Gasteiger partial charge on any atom is 0.235 e. The number of halogens is 1. The van der Waals surface area contributed by atoms with Crippen LogP contribution in [0.25, 0.3) is 16.5 Å². The number of nitrogens with zero attached hydrogens (tertiary/aromatic N) is 5. The van der Waals surface area contributed by atoms with Crippen molar-refractivity contribution < 1.29 is 4.52 Å². The van der Waals surface area contributed by atoms with Crippen LogP contribution in [0.4, 0.5) is 0 Å². The normalized spacial score (nSPS) is 11.4. The van der Waals surface area contributed by atoms with Crippen molar-refractivity contribution in [3.63, 3.8) is 0 Å². The van der Waals surface area contributed by atoms with Gasteiger partial charge < -0.3 is 4.52 Å².